The summed E-state index contributed by atoms with van der Waals surface area (Å²) in [5.74, 6) is -1.35. The van der Waals surface area contributed by atoms with Gasteiger partial charge in [0.15, 0.2) is 24.6 Å². The molecule has 74 heavy (non-hydrogen) atoms. The Morgan fingerprint density at radius 2 is 1.08 bits per heavy atom. The Bertz CT molecular complexity index is 1880. The largest absolute Gasteiger partial charge is 0.463 e. The summed E-state index contributed by atoms with van der Waals surface area (Å²) in [6.07, 6.45) is 4.26. The van der Waals surface area contributed by atoms with E-state index in [4.69, 9.17) is 37.9 Å². The summed E-state index contributed by atoms with van der Waals surface area (Å²) in [6, 6.07) is 0. The van der Waals surface area contributed by atoms with E-state index in [2.05, 4.69) is 55.4 Å². The summed E-state index contributed by atoms with van der Waals surface area (Å²) < 4.78 is 52.4. The van der Waals surface area contributed by atoms with Crippen LogP contribution in [0.25, 0.3) is 0 Å². The standard InChI is InChI=1S/C60H100O14/c1-15-22-45(61)67-36-42-52(72-48(64)25-18-4)53(73-49(65)26-19-5)54(74-50(66)27-20-6)56(70-42)69-41-35-60(14)43(58(12)32-31-44(57(10,11)55(41)58)71-47(63)24-17-3)34-40(68-46(62)23-16-2)51-39(30-33-59(51,60)13)38(9)29-21-28-37(7)8/h37-44,51-56H,15-36H2,1-14H3/t38-,39-,40-,41+,42-,43-,44+,51+,52-,53+,54-,55+,56-,58-,59-,60-/m1/s1. The minimum Gasteiger partial charge on any atom is -0.463 e. The maximum Gasteiger partial charge on any atom is 0.306 e. The molecule has 14 heteroatoms. The minimum absolute atomic E-state index is 0.0469. The molecule has 0 amide bonds. The van der Waals surface area contributed by atoms with Crippen molar-refractivity contribution >= 4 is 35.8 Å². The lowest BCUT2D eigenvalue weighted by atomic mass is 9.34. The molecule has 4 saturated carbocycles. The van der Waals surface area contributed by atoms with Crippen molar-refractivity contribution in [2.24, 2.45) is 57.2 Å². The molecule has 0 bridgehead atoms. The molecule has 424 valence electrons. The van der Waals surface area contributed by atoms with Gasteiger partial charge in [0.1, 0.15) is 24.9 Å². The van der Waals surface area contributed by atoms with Crippen LogP contribution in [0.4, 0.5) is 0 Å². The Kier molecular flexibility index (Phi) is 22.4. The number of fused-ring (bicyclic) bond motifs is 5. The fourth-order valence-corrected chi connectivity index (χ4v) is 15.3. The van der Waals surface area contributed by atoms with Gasteiger partial charge in [-0.05, 0) is 123 Å². The second-order valence-corrected chi connectivity index (χ2v) is 25.0. The van der Waals surface area contributed by atoms with Crippen LogP contribution in [0.5, 0.6) is 0 Å². The third-order valence-corrected chi connectivity index (χ3v) is 18.8. The lowest BCUT2D eigenvalue weighted by Crippen LogP contribution is -2.71. The molecule has 5 fully saturated rings. The Morgan fingerprint density at radius 3 is 1.64 bits per heavy atom. The van der Waals surface area contributed by atoms with Gasteiger partial charge in [0, 0.05) is 49.9 Å². The van der Waals surface area contributed by atoms with E-state index >= 15 is 0 Å². The van der Waals surface area contributed by atoms with E-state index in [1.807, 2.05) is 41.5 Å². The lowest BCUT2D eigenvalue weighted by molar-refractivity contribution is -0.349. The van der Waals surface area contributed by atoms with Crippen molar-refractivity contribution in [2.45, 2.75) is 281 Å². The first-order valence-corrected chi connectivity index (χ1v) is 29.4. The molecule has 5 rings (SSSR count). The Morgan fingerprint density at radius 1 is 0.568 bits per heavy atom. The molecule has 0 radical (unpaired) electrons. The number of hydrogen-bond acceptors (Lipinski definition) is 14. The van der Waals surface area contributed by atoms with E-state index in [9.17, 15) is 28.8 Å². The van der Waals surface area contributed by atoms with Crippen molar-refractivity contribution in [2.75, 3.05) is 6.61 Å². The second-order valence-electron chi connectivity index (χ2n) is 25.0. The molecule has 4 aliphatic carbocycles. The molecule has 0 aromatic heterocycles. The first-order chi connectivity index (χ1) is 35.0. The summed E-state index contributed by atoms with van der Waals surface area (Å²) in [4.78, 5) is 81.5. The zero-order valence-electron chi connectivity index (χ0n) is 48.4. The van der Waals surface area contributed by atoms with Gasteiger partial charge in [0.05, 0.1) is 6.10 Å². The Labute approximate surface area is 445 Å². The van der Waals surface area contributed by atoms with E-state index in [1.165, 1.54) is 0 Å². The molecule has 0 N–H and O–H groups in total. The van der Waals surface area contributed by atoms with Crippen LogP contribution in [0.2, 0.25) is 0 Å². The zero-order valence-corrected chi connectivity index (χ0v) is 48.4. The van der Waals surface area contributed by atoms with Crippen molar-refractivity contribution in [1.29, 1.82) is 0 Å². The molecular weight excluding hydrogens is 945 g/mol. The summed E-state index contributed by atoms with van der Waals surface area (Å²) in [7, 11) is 0. The topological polar surface area (TPSA) is 176 Å². The van der Waals surface area contributed by atoms with Crippen molar-refractivity contribution in [3.05, 3.63) is 0 Å². The molecule has 1 heterocycles. The number of rotatable bonds is 26. The molecule has 0 aromatic rings. The highest BCUT2D eigenvalue weighted by atomic mass is 16.7. The number of esters is 6. The SMILES string of the molecule is CCCC(=O)OC[C@H]1O[C@@H](O[C@H]2C[C@]3(C)[C@H](C[C@@H](OC(=O)CCC)[C@@H]4[C@@H]([C@H](C)CCCC(C)C)CC[C@]43C)[C@@]3(C)CC[C@H](OC(=O)CCC)C(C)(C)[C@H]23)[C@H](OC(=O)CCC)[C@@H](OC(=O)CCC)[C@@H]1OC(=O)CCC. The molecule has 16 atom stereocenters. The van der Waals surface area contributed by atoms with Crippen LogP contribution in [0, 0.1) is 57.2 Å². The highest BCUT2D eigenvalue weighted by Gasteiger charge is 2.74. The van der Waals surface area contributed by atoms with Crippen LogP contribution in [0.1, 0.15) is 232 Å². The average molecular weight is 1050 g/mol. The van der Waals surface area contributed by atoms with E-state index in [0.29, 0.717) is 94.8 Å². The van der Waals surface area contributed by atoms with E-state index in [1.54, 1.807) is 0 Å². The third kappa shape index (κ3) is 13.7. The maximum absolute atomic E-state index is 13.9. The normalized spacial score (nSPS) is 35.6. The van der Waals surface area contributed by atoms with Crippen molar-refractivity contribution in [3.63, 3.8) is 0 Å². The minimum atomic E-state index is -1.39. The van der Waals surface area contributed by atoms with Gasteiger partial charge in [-0.25, -0.2) is 0 Å². The van der Waals surface area contributed by atoms with Crippen LogP contribution in [0.15, 0.2) is 0 Å². The summed E-state index contributed by atoms with van der Waals surface area (Å²) in [6.45, 7) is 29.6. The molecular formula is C60H100O14. The molecule has 1 aliphatic heterocycles. The molecule has 0 aromatic carbocycles. The van der Waals surface area contributed by atoms with Gasteiger partial charge in [-0.1, -0.05) is 116 Å². The highest BCUT2D eigenvalue weighted by molar-refractivity contribution is 5.72. The van der Waals surface area contributed by atoms with Crippen molar-refractivity contribution < 1.29 is 66.7 Å². The fraction of sp³-hybridized carbons (Fsp3) is 0.900. The number of carbonyl (C=O) groups is 6. The van der Waals surface area contributed by atoms with Gasteiger partial charge in [0.2, 0.25) is 0 Å². The molecule has 14 nitrogen and oxygen atoms in total. The average Bonchev–Trinajstić information content (AvgIpc) is 3.69. The molecule has 0 unspecified atom stereocenters. The van der Waals surface area contributed by atoms with Gasteiger partial charge < -0.3 is 37.9 Å². The monoisotopic (exact) mass is 1040 g/mol. The van der Waals surface area contributed by atoms with Crippen LogP contribution in [-0.4, -0.2) is 91.4 Å². The number of carbonyl (C=O) groups excluding carboxylic acids is 6. The van der Waals surface area contributed by atoms with Gasteiger partial charge >= 0.3 is 35.8 Å². The first-order valence-electron chi connectivity index (χ1n) is 29.4. The van der Waals surface area contributed by atoms with Crippen LogP contribution >= 0.6 is 0 Å². The van der Waals surface area contributed by atoms with Gasteiger partial charge in [-0.2, -0.15) is 0 Å². The van der Waals surface area contributed by atoms with E-state index < -0.39 is 83.0 Å². The predicted octanol–water partition coefficient (Wildman–Crippen LogP) is 12.4. The van der Waals surface area contributed by atoms with Crippen LogP contribution in [0.3, 0.4) is 0 Å². The third-order valence-electron chi connectivity index (χ3n) is 18.8. The Hall–Kier alpha value is -3.26. The fourth-order valence-electron chi connectivity index (χ4n) is 15.3. The van der Waals surface area contributed by atoms with Crippen LogP contribution in [-0.2, 0) is 66.7 Å². The Balaban J connectivity index is 1.72. The second kappa shape index (κ2) is 26.9. The zero-order chi connectivity index (χ0) is 54.8. The van der Waals surface area contributed by atoms with Gasteiger partial charge in [-0.3, -0.25) is 28.8 Å². The molecule has 5 aliphatic rings. The maximum atomic E-state index is 13.9. The van der Waals surface area contributed by atoms with Crippen molar-refractivity contribution in [1.82, 2.24) is 0 Å². The quantitative estimate of drug-likeness (QED) is 0.0454. The summed E-state index contributed by atoms with van der Waals surface area (Å²) >= 11 is 0. The molecule has 1 saturated heterocycles. The van der Waals surface area contributed by atoms with Crippen molar-refractivity contribution in [3.8, 4) is 0 Å². The first kappa shape index (κ1) is 61.6. The van der Waals surface area contributed by atoms with E-state index in [-0.39, 0.29) is 73.5 Å². The number of ether oxygens (including phenoxy) is 8. The smallest absolute Gasteiger partial charge is 0.306 e. The summed E-state index contributed by atoms with van der Waals surface area (Å²) in [5, 5.41) is 0. The van der Waals surface area contributed by atoms with Crippen LogP contribution < -0.4 is 0 Å². The highest BCUT2D eigenvalue weighted by Crippen LogP contribution is 2.76. The lowest BCUT2D eigenvalue weighted by Gasteiger charge is -2.72. The van der Waals surface area contributed by atoms with E-state index in [0.717, 1.165) is 32.1 Å². The van der Waals surface area contributed by atoms with Gasteiger partial charge in [0.25, 0.3) is 0 Å². The summed E-state index contributed by atoms with van der Waals surface area (Å²) in [5.41, 5.74) is -1.84. The number of hydrogen-bond donors (Lipinski definition) is 0. The predicted molar refractivity (Wildman–Crippen MR) is 281 cm³/mol. The van der Waals surface area contributed by atoms with Gasteiger partial charge in [-0.15, -0.1) is 0 Å². The molecule has 0 spiro atoms.